The van der Waals surface area contributed by atoms with Crippen LogP contribution >= 0.6 is 0 Å². The maximum absolute atomic E-state index is 8.51. The Hall–Kier alpha value is -1.63. The van der Waals surface area contributed by atoms with Crippen LogP contribution in [-0.4, -0.2) is 23.1 Å². The van der Waals surface area contributed by atoms with Gasteiger partial charge in [0.2, 0.25) is 0 Å². The van der Waals surface area contributed by atoms with Crippen LogP contribution in [-0.2, 0) is 0 Å². The lowest BCUT2D eigenvalue weighted by atomic mass is 10.3. The van der Waals surface area contributed by atoms with Gasteiger partial charge in [-0.2, -0.15) is 5.26 Å². The Bertz CT molecular complexity index is 329. The molecule has 74 valence electrons. The number of nitriles is 1. The van der Waals surface area contributed by atoms with Crippen molar-refractivity contribution in [3.05, 3.63) is 18.1 Å². The lowest BCUT2D eigenvalue weighted by Crippen LogP contribution is -2.25. The summed E-state index contributed by atoms with van der Waals surface area (Å²) < 4.78 is 0. The van der Waals surface area contributed by atoms with Crippen molar-refractivity contribution in [1.29, 1.82) is 5.26 Å². The zero-order valence-corrected chi connectivity index (χ0v) is 8.56. The summed E-state index contributed by atoms with van der Waals surface area (Å²) in [6, 6.07) is 2.13. The minimum Gasteiger partial charge on any atom is -0.354 e. The lowest BCUT2D eigenvalue weighted by molar-refractivity contribution is 0.799. The van der Waals surface area contributed by atoms with E-state index >= 15 is 0 Å². The molecular formula is C10H14N4. The number of aryl methyl sites for hydroxylation is 1. The van der Waals surface area contributed by atoms with E-state index in [2.05, 4.69) is 20.9 Å². The van der Waals surface area contributed by atoms with Gasteiger partial charge in [0.25, 0.3) is 0 Å². The van der Waals surface area contributed by atoms with E-state index in [1.165, 1.54) is 0 Å². The molecule has 0 spiro atoms. The molecule has 0 aliphatic carbocycles. The topological polar surface area (TPSA) is 52.8 Å². The zero-order chi connectivity index (χ0) is 10.4. The largest absolute Gasteiger partial charge is 0.354 e. The predicted molar refractivity (Wildman–Crippen MR) is 54.9 cm³/mol. The van der Waals surface area contributed by atoms with Crippen molar-refractivity contribution in [3.8, 4) is 6.07 Å². The Morgan fingerprint density at radius 2 is 2.14 bits per heavy atom. The number of hydrogen-bond acceptors (Lipinski definition) is 4. The fourth-order valence-corrected chi connectivity index (χ4v) is 1.31. The third kappa shape index (κ3) is 2.43. The third-order valence-electron chi connectivity index (χ3n) is 2.03. The van der Waals surface area contributed by atoms with E-state index < -0.39 is 0 Å². The second-order valence-corrected chi connectivity index (χ2v) is 2.95. The van der Waals surface area contributed by atoms with Crippen molar-refractivity contribution in [2.45, 2.75) is 20.3 Å². The first-order chi connectivity index (χ1) is 6.79. The molecule has 0 bridgehead atoms. The average molecular weight is 190 g/mol. The monoisotopic (exact) mass is 190 g/mol. The van der Waals surface area contributed by atoms with Crippen molar-refractivity contribution in [2.24, 2.45) is 0 Å². The van der Waals surface area contributed by atoms with Crippen LogP contribution in [0.2, 0.25) is 0 Å². The summed E-state index contributed by atoms with van der Waals surface area (Å²) in [5.41, 5.74) is 0.910. The van der Waals surface area contributed by atoms with Crippen molar-refractivity contribution in [3.63, 3.8) is 0 Å². The molecule has 1 heterocycles. The molecule has 0 aromatic carbocycles. The number of anilines is 1. The Morgan fingerprint density at radius 1 is 1.43 bits per heavy atom. The van der Waals surface area contributed by atoms with Crippen LogP contribution in [0.3, 0.4) is 0 Å². The molecule has 0 aliphatic heterocycles. The zero-order valence-electron chi connectivity index (χ0n) is 8.56. The molecule has 0 saturated heterocycles. The molecular weight excluding hydrogens is 176 g/mol. The molecule has 4 heteroatoms. The van der Waals surface area contributed by atoms with Crippen LogP contribution in [0.5, 0.6) is 0 Å². The number of rotatable bonds is 4. The second kappa shape index (κ2) is 5.18. The van der Waals surface area contributed by atoms with Crippen LogP contribution in [0, 0.1) is 18.3 Å². The second-order valence-electron chi connectivity index (χ2n) is 2.95. The number of hydrogen-bond donors (Lipinski definition) is 0. The molecule has 1 aromatic heterocycles. The first-order valence-electron chi connectivity index (χ1n) is 4.69. The Morgan fingerprint density at radius 3 is 2.71 bits per heavy atom. The van der Waals surface area contributed by atoms with Crippen molar-refractivity contribution >= 4 is 5.82 Å². The highest BCUT2D eigenvalue weighted by atomic mass is 15.2. The van der Waals surface area contributed by atoms with E-state index in [9.17, 15) is 0 Å². The summed E-state index contributed by atoms with van der Waals surface area (Å²) in [5, 5.41) is 8.51. The minimum absolute atomic E-state index is 0.518. The predicted octanol–water partition coefficient (Wildman–Crippen LogP) is 1.52. The summed E-state index contributed by atoms with van der Waals surface area (Å²) in [4.78, 5) is 10.5. The molecule has 0 fully saturated rings. The highest BCUT2D eigenvalue weighted by molar-refractivity contribution is 5.41. The molecule has 0 aliphatic rings. The Balaban J connectivity index is 2.79. The molecule has 0 unspecified atom stereocenters. The molecule has 0 N–H and O–H groups in total. The lowest BCUT2D eigenvalue weighted by Gasteiger charge is -2.21. The quantitative estimate of drug-likeness (QED) is 0.722. The Labute approximate surface area is 84.2 Å². The average Bonchev–Trinajstić information content (AvgIpc) is 2.21. The minimum atomic E-state index is 0.518. The molecule has 4 nitrogen and oxygen atoms in total. The van der Waals surface area contributed by atoms with E-state index in [-0.39, 0.29) is 0 Å². The highest BCUT2D eigenvalue weighted by Gasteiger charge is 2.08. The van der Waals surface area contributed by atoms with E-state index in [0.29, 0.717) is 13.0 Å². The smallest absolute Gasteiger partial charge is 0.150 e. The van der Waals surface area contributed by atoms with Gasteiger partial charge < -0.3 is 4.90 Å². The molecule has 0 radical (unpaired) electrons. The SMILES string of the molecule is CCN(CCC#N)c1nccnc1C. The maximum Gasteiger partial charge on any atom is 0.150 e. The van der Waals surface area contributed by atoms with Gasteiger partial charge in [0, 0.05) is 25.5 Å². The standard InChI is InChI=1S/C10H14N4/c1-3-14(8-4-5-11)10-9(2)12-6-7-13-10/h6-7H,3-4,8H2,1-2H3. The maximum atomic E-state index is 8.51. The van der Waals surface area contributed by atoms with E-state index in [1.807, 2.05) is 13.8 Å². The normalized spacial score (nSPS) is 9.50. The van der Waals surface area contributed by atoms with Gasteiger partial charge in [-0.15, -0.1) is 0 Å². The molecule has 1 rings (SSSR count). The molecule has 14 heavy (non-hydrogen) atoms. The number of aromatic nitrogens is 2. The van der Waals surface area contributed by atoms with Gasteiger partial charge in [0.05, 0.1) is 18.2 Å². The van der Waals surface area contributed by atoms with E-state index in [1.54, 1.807) is 12.4 Å². The first kappa shape index (κ1) is 10.5. The highest BCUT2D eigenvalue weighted by Crippen LogP contribution is 2.13. The van der Waals surface area contributed by atoms with Gasteiger partial charge in [0.15, 0.2) is 0 Å². The molecule has 0 amide bonds. The van der Waals surface area contributed by atoms with Crippen molar-refractivity contribution in [2.75, 3.05) is 18.0 Å². The van der Waals surface area contributed by atoms with Crippen LogP contribution in [0.15, 0.2) is 12.4 Å². The van der Waals surface area contributed by atoms with Crippen LogP contribution < -0.4 is 4.90 Å². The van der Waals surface area contributed by atoms with Gasteiger partial charge >= 0.3 is 0 Å². The Kier molecular flexibility index (Phi) is 3.86. The van der Waals surface area contributed by atoms with Gasteiger partial charge in [0.1, 0.15) is 5.82 Å². The van der Waals surface area contributed by atoms with Gasteiger partial charge in [-0.25, -0.2) is 4.98 Å². The summed E-state index contributed by atoms with van der Waals surface area (Å²) in [6.07, 6.45) is 3.87. The first-order valence-corrected chi connectivity index (χ1v) is 4.69. The third-order valence-corrected chi connectivity index (χ3v) is 2.03. The molecule has 0 atom stereocenters. The van der Waals surface area contributed by atoms with E-state index in [4.69, 9.17) is 5.26 Å². The van der Waals surface area contributed by atoms with Crippen molar-refractivity contribution < 1.29 is 0 Å². The van der Waals surface area contributed by atoms with Crippen LogP contribution in [0.1, 0.15) is 19.0 Å². The summed E-state index contributed by atoms with van der Waals surface area (Å²) in [7, 11) is 0. The fourth-order valence-electron chi connectivity index (χ4n) is 1.31. The summed E-state index contributed by atoms with van der Waals surface area (Å²) >= 11 is 0. The van der Waals surface area contributed by atoms with Gasteiger partial charge in [-0.3, -0.25) is 4.98 Å². The van der Waals surface area contributed by atoms with Crippen LogP contribution in [0.4, 0.5) is 5.82 Å². The molecule has 0 saturated carbocycles. The van der Waals surface area contributed by atoms with Gasteiger partial charge in [-0.05, 0) is 13.8 Å². The van der Waals surface area contributed by atoms with Crippen LogP contribution in [0.25, 0.3) is 0 Å². The number of nitrogens with zero attached hydrogens (tertiary/aromatic N) is 4. The molecule has 1 aromatic rings. The van der Waals surface area contributed by atoms with E-state index in [0.717, 1.165) is 18.1 Å². The summed E-state index contributed by atoms with van der Waals surface area (Å²) in [5.74, 6) is 0.880. The van der Waals surface area contributed by atoms with Gasteiger partial charge in [-0.1, -0.05) is 0 Å². The fraction of sp³-hybridized carbons (Fsp3) is 0.500. The summed E-state index contributed by atoms with van der Waals surface area (Å²) in [6.45, 7) is 5.54. The van der Waals surface area contributed by atoms with Crippen molar-refractivity contribution in [1.82, 2.24) is 9.97 Å².